The Morgan fingerprint density at radius 1 is 1.47 bits per heavy atom. The smallest absolute Gasteiger partial charge is 0.310 e. The number of halogens is 3. The van der Waals surface area contributed by atoms with Crippen molar-refractivity contribution in [3.63, 3.8) is 0 Å². The SMILES string of the molecule is CCCc1cc(=O)[nH]c(CC(F)(F)F)n1. The first-order valence-corrected chi connectivity index (χ1v) is 4.56. The second-order valence-electron chi connectivity index (χ2n) is 3.23. The van der Waals surface area contributed by atoms with Crippen molar-refractivity contribution in [2.24, 2.45) is 0 Å². The molecule has 0 unspecified atom stereocenters. The number of H-pyrrole nitrogens is 1. The molecule has 0 aromatic carbocycles. The zero-order valence-corrected chi connectivity index (χ0v) is 8.19. The van der Waals surface area contributed by atoms with Crippen LogP contribution in [0, 0.1) is 0 Å². The maximum atomic E-state index is 12.0. The van der Waals surface area contributed by atoms with E-state index in [4.69, 9.17) is 0 Å². The lowest BCUT2D eigenvalue weighted by molar-refractivity contribution is -0.128. The minimum Gasteiger partial charge on any atom is -0.310 e. The highest BCUT2D eigenvalue weighted by molar-refractivity contribution is 5.03. The average Bonchev–Trinajstić information content (AvgIpc) is 1.99. The summed E-state index contributed by atoms with van der Waals surface area (Å²) in [7, 11) is 0. The number of hydrogen-bond acceptors (Lipinski definition) is 2. The molecule has 0 bridgehead atoms. The molecule has 84 valence electrons. The number of alkyl halides is 3. The van der Waals surface area contributed by atoms with Gasteiger partial charge in [-0.25, -0.2) is 4.98 Å². The van der Waals surface area contributed by atoms with Gasteiger partial charge in [0.25, 0.3) is 5.56 Å². The molecule has 0 fully saturated rings. The van der Waals surface area contributed by atoms with Crippen molar-refractivity contribution in [1.29, 1.82) is 0 Å². The molecule has 0 aliphatic heterocycles. The molecular weight excluding hydrogens is 209 g/mol. The first kappa shape index (κ1) is 11.7. The van der Waals surface area contributed by atoms with E-state index in [9.17, 15) is 18.0 Å². The quantitative estimate of drug-likeness (QED) is 0.844. The first-order chi connectivity index (χ1) is 6.90. The van der Waals surface area contributed by atoms with Crippen LogP contribution in [0.5, 0.6) is 0 Å². The van der Waals surface area contributed by atoms with E-state index in [2.05, 4.69) is 9.97 Å². The van der Waals surface area contributed by atoms with Crippen LogP contribution in [0.3, 0.4) is 0 Å². The van der Waals surface area contributed by atoms with Gasteiger partial charge in [-0.1, -0.05) is 13.3 Å². The van der Waals surface area contributed by atoms with Crippen molar-refractivity contribution >= 4 is 0 Å². The van der Waals surface area contributed by atoms with Gasteiger partial charge in [0.1, 0.15) is 12.2 Å². The van der Waals surface area contributed by atoms with Crippen molar-refractivity contribution in [3.8, 4) is 0 Å². The molecule has 0 saturated heterocycles. The molecule has 15 heavy (non-hydrogen) atoms. The molecule has 1 N–H and O–H groups in total. The van der Waals surface area contributed by atoms with Crippen LogP contribution in [0.25, 0.3) is 0 Å². The van der Waals surface area contributed by atoms with Crippen LogP contribution in [-0.4, -0.2) is 16.1 Å². The van der Waals surface area contributed by atoms with E-state index in [-0.39, 0.29) is 5.82 Å². The van der Waals surface area contributed by atoms with E-state index in [1.54, 1.807) is 0 Å². The van der Waals surface area contributed by atoms with E-state index in [1.165, 1.54) is 6.07 Å². The van der Waals surface area contributed by atoms with Crippen LogP contribution in [0.15, 0.2) is 10.9 Å². The van der Waals surface area contributed by atoms with Crippen molar-refractivity contribution in [1.82, 2.24) is 9.97 Å². The second kappa shape index (κ2) is 4.46. The molecule has 0 amide bonds. The monoisotopic (exact) mass is 220 g/mol. The Balaban J connectivity index is 2.94. The van der Waals surface area contributed by atoms with Crippen LogP contribution in [0.2, 0.25) is 0 Å². The van der Waals surface area contributed by atoms with E-state index in [0.717, 1.165) is 6.42 Å². The molecule has 3 nitrogen and oxygen atoms in total. The lowest BCUT2D eigenvalue weighted by Crippen LogP contribution is -2.19. The molecule has 0 spiro atoms. The highest BCUT2D eigenvalue weighted by Crippen LogP contribution is 2.18. The summed E-state index contributed by atoms with van der Waals surface area (Å²) in [6.45, 7) is 1.87. The third kappa shape index (κ3) is 4.14. The largest absolute Gasteiger partial charge is 0.396 e. The van der Waals surface area contributed by atoms with Crippen LogP contribution in [0.1, 0.15) is 24.9 Å². The Kier molecular flexibility index (Phi) is 3.49. The number of hydrogen-bond donors (Lipinski definition) is 1. The maximum absolute atomic E-state index is 12.0. The minimum atomic E-state index is -4.35. The fourth-order valence-electron chi connectivity index (χ4n) is 1.22. The van der Waals surface area contributed by atoms with Gasteiger partial charge in [0.05, 0.1) is 0 Å². The van der Waals surface area contributed by atoms with E-state index < -0.39 is 18.2 Å². The summed E-state index contributed by atoms with van der Waals surface area (Å²) < 4.78 is 36.1. The Labute approximate surface area is 84.4 Å². The van der Waals surface area contributed by atoms with Crippen molar-refractivity contribution in [2.45, 2.75) is 32.4 Å². The van der Waals surface area contributed by atoms with Crippen LogP contribution < -0.4 is 5.56 Å². The number of aromatic nitrogens is 2. The van der Waals surface area contributed by atoms with Crippen LogP contribution in [0.4, 0.5) is 13.2 Å². The fourth-order valence-corrected chi connectivity index (χ4v) is 1.22. The number of nitrogens with zero attached hydrogens (tertiary/aromatic N) is 1. The molecule has 0 radical (unpaired) electrons. The van der Waals surface area contributed by atoms with Gasteiger partial charge in [-0.3, -0.25) is 4.79 Å². The van der Waals surface area contributed by atoms with Crippen molar-refractivity contribution in [3.05, 3.63) is 27.9 Å². The zero-order chi connectivity index (χ0) is 11.5. The Morgan fingerprint density at radius 2 is 2.13 bits per heavy atom. The minimum absolute atomic E-state index is 0.321. The van der Waals surface area contributed by atoms with Gasteiger partial charge in [-0.05, 0) is 6.42 Å². The molecule has 0 aliphatic rings. The third-order valence-electron chi connectivity index (χ3n) is 1.72. The lowest BCUT2D eigenvalue weighted by Gasteiger charge is -2.06. The first-order valence-electron chi connectivity index (χ1n) is 4.56. The number of nitrogens with one attached hydrogen (secondary N) is 1. The molecule has 0 atom stereocenters. The summed E-state index contributed by atoms with van der Waals surface area (Å²) in [5.74, 6) is -0.321. The zero-order valence-electron chi connectivity index (χ0n) is 8.19. The summed E-state index contributed by atoms with van der Waals surface area (Å²) in [4.78, 5) is 16.8. The highest BCUT2D eigenvalue weighted by atomic mass is 19.4. The van der Waals surface area contributed by atoms with Gasteiger partial charge >= 0.3 is 6.18 Å². The van der Waals surface area contributed by atoms with Crippen molar-refractivity contribution in [2.75, 3.05) is 0 Å². The normalized spacial score (nSPS) is 11.7. The second-order valence-corrected chi connectivity index (χ2v) is 3.23. The number of rotatable bonds is 3. The van der Waals surface area contributed by atoms with Gasteiger partial charge in [-0.15, -0.1) is 0 Å². The summed E-state index contributed by atoms with van der Waals surface area (Å²) in [5, 5.41) is 0. The Bertz CT molecular complexity index is 384. The molecule has 0 saturated carbocycles. The standard InChI is InChI=1S/C9H11F3N2O/c1-2-3-6-4-8(15)14-7(13-6)5-9(10,11)12/h4H,2-3,5H2,1H3,(H,13,14,15). The number of aryl methyl sites for hydroxylation is 1. The third-order valence-corrected chi connectivity index (χ3v) is 1.72. The molecule has 1 heterocycles. The van der Waals surface area contributed by atoms with Crippen LogP contribution in [-0.2, 0) is 12.8 Å². The molecular formula is C9H11F3N2O. The average molecular weight is 220 g/mol. The molecule has 6 heteroatoms. The van der Waals surface area contributed by atoms with Gasteiger partial charge < -0.3 is 4.98 Å². The topological polar surface area (TPSA) is 45.8 Å². The van der Waals surface area contributed by atoms with Gasteiger partial charge in [0.15, 0.2) is 0 Å². The summed E-state index contributed by atoms with van der Waals surface area (Å²) in [5.41, 5.74) is -0.131. The molecule has 1 aromatic rings. The fraction of sp³-hybridized carbons (Fsp3) is 0.556. The van der Waals surface area contributed by atoms with Gasteiger partial charge in [0.2, 0.25) is 0 Å². The van der Waals surface area contributed by atoms with Gasteiger partial charge in [-0.2, -0.15) is 13.2 Å². The van der Waals surface area contributed by atoms with Crippen molar-refractivity contribution < 1.29 is 13.2 Å². The summed E-state index contributed by atoms with van der Waals surface area (Å²) >= 11 is 0. The molecule has 1 rings (SSSR count). The van der Waals surface area contributed by atoms with E-state index in [0.29, 0.717) is 12.1 Å². The highest BCUT2D eigenvalue weighted by Gasteiger charge is 2.29. The lowest BCUT2D eigenvalue weighted by atomic mass is 10.2. The van der Waals surface area contributed by atoms with Crippen LogP contribution >= 0.6 is 0 Å². The number of aromatic amines is 1. The maximum Gasteiger partial charge on any atom is 0.396 e. The predicted octanol–water partition coefficient (Wildman–Crippen LogP) is 1.83. The Hall–Kier alpha value is -1.33. The van der Waals surface area contributed by atoms with Gasteiger partial charge in [0, 0.05) is 11.8 Å². The predicted molar refractivity (Wildman–Crippen MR) is 48.6 cm³/mol. The molecule has 1 aromatic heterocycles. The summed E-state index contributed by atoms with van der Waals surface area (Å²) in [6.07, 6.45) is -4.29. The Morgan fingerprint density at radius 3 is 2.67 bits per heavy atom. The summed E-state index contributed by atoms with van der Waals surface area (Å²) in [6, 6.07) is 1.23. The molecule has 0 aliphatic carbocycles. The van der Waals surface area contributed by atoms with E-state index >= 15 is 0 Å². The van der Waals surface area contributed by atoms with E-state index in [1.807, 2.05) is 6.92 Å².